The smallest absolute Gasteiger partial charge is 0.155 e. The second-order valence-electron chi connectivity index (χ2n) is 8.55. The predicted molar refractivity (Wildman–Crippen MR) is 95.0 cm³/mol. The third-order valence-electron chi connectivity index (χ3n) is 7.94. The van der Waals surface area contributed by atoms with Crippen LogP contribution in [-0.2, 0) is 4.79 Å². The molecule has 128 valence electrons. The molecule has 0 aromatic rings. The van der Waals surface area contributed by atoms with E-state index in [0.29, 0.717) is 35.9 Å². The Morgan fingerprint density at radius 3 is 2.88 bits per heavy atom. The Balaban J connectivity index is 1.74. The first-order valence-electron chi connectivity index (χ1n) is 9.57. The standard InChI is InChI=1S/C22H28O2/c1-4-21-13-14(3)20-17-9-7-16(23)12-15(17)6-8-18(20)19(21)10-11-22(21,24)5-2/h2,12,17-20,24H,3-4,6-11,13H2,1H3/t17-,18?,19?,20?,21-,22-/m0/s1. The second kappa shape index (κ2) is 5.33. The number of hydrogen-bond donors (Lipinski definition) is 1. The van der Waals surface area contributed by atoms with Crippen LogP contribution in [0.1, 0.15) is 58.3 Å². The van der Waals surface area contributed by atoms with Gasteiger partial charge in [-0.1, -0.05) is 30.6 Å². The van der Waals surface area contributed by atoms with Gasteiger partial charge in [-0.05, 0) is 74.7 Å². The van der Waals surface area contributed by atoms with Crippen molar-refractivity contribution >= 4 is 5.78 Å². The highest BCUT2D eigenvalue weighted by molar-refractivity contribution is 5.91. The van der Waals surface area contributed by atoms with Gasteiger partial charge in [-0.3, -0.25) is 4.79 Å². The highest BCUT2D eigenvalue weighted by Crippen LogP contribution is 2.67. The number of rotatable bonds is 1. The zero-order valence-electron chi connectivity index (χ0n) is 14.7. The molecule has 0 amide bonds. The fourth-order valence-electron chi connectivity index (χ4n) is 6.90. The molecule has 3 saturated carbocycles. The van der Waals surface area contributed by atoms with Crippen LogP contribution < -0.4 is 0 Å². The Morgan fingerprint density at radius 1 is 1.38 bits per heavy atom. The third kappa shape index (κ3) is 1.91. The lowest BCUT2D eigenvalue weighted by Gasteiger charge is -2.56. The van der Waals surface area contributed by atoms with Crippen molar-refractivity contribution in [2.24, 2.45) is 29.1 Å². The summed E-state index contributed by atoms with van der Waals surface area (Å²) in [5, 5.41) is 11.2. The molecule has 3 fully saturated rings. The maximum Gasteiger partial charge on any atom is 0.155 e. The predicted octanol–water partition coefficient (Wildman–Crippen LogP) is 4.05. The lowest BCUT2D eigenvalue weighted by molar-refractivity contribution is -0.116. The minimum Gasteiger partial charge on any atom is -0.377 e. The van der Waals surface area contributed by atoms with E-state index in [-0.39, 0.29) is 5.41 Å². The fourth-order valence-corrected chi connectivity index (χ4v) is 6.90. The van der Waals surface area contributed by atoms with E-state index < -0.39 is 5.60 Å². The molecule has 0 aliphatic heterocycles. The molecule has 0 saturated heterocycles. The molecule has 4 rings (SSSR count). The van der Waals surface area contributed by atoms with Crippen molar-refractivity contribution in [3.63, 3.8) is 0 Å². The van der Waals surface area contributed by atoms with Gasteiger partial charge < -0.3 is 5.11 Å². The Labute approximate surface area is 145 Å². The van der Waals surface area contributed by atoms with Crippen molar-refractivity contribution in [2.75, 3.05) is 0 Å². The van der Waals surface area contributed by atoms with Gasteiger partial charge in [-0.2, -0.15) is 0 Å². The van der Waals surface area contributed by atoms with Crippen LogP contribution in [0.25, 0.3) is 0 Å². The zero-order chi connectivity index (χ0) is 17.1. The minimum absolute atomic E-state index is 0.189. The summed E-state index contributed by atoms with van der Waals surface area (Å²) in [4.78, 5) is 11.8. The molecular weight excluding hydrogens is 296 g/mol. The molecule has 4 aliphatic rings. The summed E-state index contributed by atoms with van der Waals surface area (Å²) in [6, 6.07) is 0. The van der Waals surface area contributed by atoms with E-state index in [1.807, 2.05) is 6.08 Å². The lowest BCUT2D eigenvalue weighted by atomic mass is 9.48. The van der Waals surface area contributed by atoms with E-state index in [9.17, 15) is 9.90 Å². The number of allylic oxidation sites excluding steroid dienone is 2. The van der Waals surface area contributed by atoms with Crippen molar-refractivity contribution in [1.82, 2.24) is 0 Å². The van der Waals surface area contributed by atoms with Gasteiger partial charge in [-0.15, -0.1) is 6.42 Å². The molecule has 6 atom stereocenters. The van der Waals surface area contributed by atoms with E-state index in [1.165, 1.54) is 11.1 Å². The van der Waals surface area contributed by atoms with Crippen LogP contribution in [-0.4, -0.2) is 16.5 Å². The van der Waals surface area contributed by atoms with Crippen molar-refractivity contribution in [1.29, 1.82) is 0 Å². The van der Waals surface area contributed by atoms with Crippen LogP contribution in [0, 0.1) is 41.4 Å². The Kier molecular flexibility index (Phi) is 3.59. The normalized spacial score (nSPS) is 47.3. The number of terminal acetylenes is 1. The first-order valence-corrected chi connectivity index (χ1v) is 9.57. The Bertz CT molecular complexity index is 666. The van der Waals surface area contributed by atoms with Crippen molar-refractivity contribution < 1.29 is 9.90 Å². The Hall–Kier alpha value is -1.33. The molecule has 0 heterocycles. The van der Waals surface area contributed by atoms with Crippen molar-refractivity contribution in [3.05, 3.63) is 23.8 Å². The summed E-state index contributed by atoms with van der Waals surface area (Å²) in [5.41, 5.74) is 1.48. The minimum atomic E-state index is -0.973. The molecule has 0 bridgehead atoms. The number of aliphatic hydroxyl groups is 1. The average Bonchev–Trinajstić information content (AvgIpc) is 2.88. The summed E-state index contributed by atoms with van der Waals surface area (Å²) in [6.45, 7) is 6.65. The number of hydrogen-bond acceptors (Lipinski definition) is 2. The number of carbonyl (C=O) groups is 1. The van der Waals surface area contributed by atoms with Crippen LogP contribution in [0.4, 0.5) is 0 Å². The van der Waals surface area contributed by atoms with Gasteiger partial charge in [0.25, 0.3) is 0 Å². The zero-order valence-corrected chi connectivity index (χ0v) is 14.7. The molecule has 0 radical (unpaired) electrons. The van der Waals surface area contributed by atoms with Gasteiger partial charge in [-0.25, -0.2) is 0 Å². The van der Waals surface area contributed by atoms with Gasteiger partial charge >= 0.3 is 0 Å². The van der Waals surface area contributed by atoms with Gasteiger partial charge in [0.1, 0.15) is 5.60 Å². The second-order valence-corrected chi connectivity index (χ2v) is 8.55. The van der Waals surface area contributed by atoms with Crippen LogP contribution in [0.3, 0.4) is 0 Å². The maximum atomic E-state index is 11.8. The molecule has 2 nitrogen and oxygen atoms in total. The number of ketones is 1. The highest BCUT2D eigenvalue weighted by Gasteiger charge is 2.64. The number of carbonyl (C=O) groups excluding carboxylic acids is 1. The van der Waals surface area contributed by atoms with Crippen molar-refractivity contribution in [3.8, 4) is 12.3 Å². The Morgan fingerprint density at radius 2 is 2.17 bits per heavy atom. The molecule has 0 aromatic heterocycles. The number of fused-ring (bicyclic) bond motifs is 5. The molecule has 24 heavy (non-hydrogen) atoms. The maximum absolute atomic E-state index is 11.8. The van der Waals surface area contributed by atoms with Gasteiger partial charge in [0, 0.05) is 11.8 Å². The van der Waals surface area contributed by atoms with Crippen LogP contribution in [0.15, 0.2) is 23.8 Å². The van der Waals surface area contributed by atoms with Crippen molar-refractivity contribution in [2.45, 2.75) is 63.9 Å². The van der Waals surface area contributed by atoms with Crippen LogP contribution in [0.2, 0.25) is 0 Å². The monoisotopic (exact) mass is 324 g/mol. The van der Waals surface area contributed by atoms with E-state index in [1.54, 1.807) is 0 Å². The van der Waals surface area contributed by atoms with Gasteiger partial charge in [0.05, 0.1) is 0 Å². The highest BCUT2D eigenvalue weighted by atomic mass is 16.3. The summed E-state index contributed by atoms with van der Waals surface area (Å²) in [6.07, 6.45) is 15.1. The average molecular weight is 324 g/mol. The van der Waals surface area contributed by atoms with E-state index in [2.05, 4.69) is 19.4 Å². The largest absolute Gasteiger partial charge is 0.377 e. The molecular formula is C22H28O2. The first kappa shape index (κ1) is 16.2. The van der Waals surface area contributed by atoms with E-state index >= 15 is 0 Å². The quantitative estimate of drug-likeness (QED) is 0.583. The molecule has 4 aliphatic carbocycles. The van der Waals surface area contributed by atoms with Gasteiger partial charge in [0.2, 0.25) is 0 Å². The van der Waals surface area contributed by atoms with E-state index in [0.717, 1.165) is 44.9 Å². The third-order valence-corrected chi connectivity index (χ3v) is 7.94. The first-order chi connectivity index (χ1) is 11.5. The van der Waals surface area contributed by atoms with Crippen LogP contribution >= 0.6 is 0 Å². The molecule has 0 spiro atoms. The molecule has 3 unspecified atom stereocenters. The molecule has 1 N–H and O–H groups in total. The van der Waals surface area contributed by atoms with E-state index in [4.69, 9.17) is 6.42 Å². The summed E-state index contributed by atoms with van der Waals surface area (Å²) < 4.78 is 0. The molecule has 2 heteroatoms. The summed E-state index contributed by atoms with van der Waals surface area (Å²) in [7, 11) is 0. The van der Waals surface area contributed by atoms with Crippen LogP contribution in [0.5, 0.6) is 0 Å². The molecule has 0 aromatic carbocycles. The lowest BCUT2D eigenvalue weighted by Crippen LogP contribution is -2.54. The summed E-state index contributed by atoms with van der Waals surface area (Å²) >= 11 is 0. The fraction of sp³-hybridized carbons (Fsp3) is 0.682. The topological polar surface area (TPSA) is 37.3 Å². The van der Waals surface area contributed by atoms with Gasteiger partial charge in [0.15, 0.2) is 5.78 Å². The SMILES string of the molecule is C#C[C@]1(O)CCC2C3CCC4=CC(=O)CC[C@@H]4C3C(=C)C[C@@]21CC. The summed E-state index contributed by atoms with van der Waals surface area (Å²) in [5.74, 6) is 5.13.